The molecule has 0 unspecified atom stereocenters. The van der Waals surface area contributed by atoms with E-state index in [1.165, 1.54) is 22.2 Å². The lowest BCUT2D eigenvalue weighted by molar-refractivity contribution is 0.0996. The lowest BCUT2D eigenvalue weighted by Gasteiger charge is -2.04. The molecule has 0 aliphatic heterocycles. The van der Waals surface area contributed by atoms with Gasteiger partial charge in [-0.05, 0) is 31.2 Å². The molecule has 7 heteroatoms. The van der Waals surface area contributed by atoms with Crippen molar-refractivity contribution >= 4 is 39.9 Å². The first-order valence-corrected chi connectivity index (χ1v) is 8.77. The van der Waals surface area contributed by atoms with Crippen LogP contribution in [0.2, 0.25) is 0 Å². The lowest BCUT2D eigenvalue weighted by atomic mass is 10.2. The smallest absolute Gasteiger partial charge is 0.323 e. The quantitative estimate of drug-likeness (QED) is 0.562. The number of carbonyl (C=O) groups is 2. The Balaban J connectivity index is 1.69. The standard InChI is InChI=1S/C19H15N3O3S/c1-11-6-7-25-17(11)18(23)21-13-9-16(26-10-13)15-8-12-4-2-3-5-14(12)22(15)19(20)24/h2-10H,1H3,(H2,20,24)(H,21,23). The molecule has 3 heterocycles. The highest BCUT2D eigenvalue weighted by Gasteiger charge is 2.17. The number of para-hydroxylation sites is 1. The van der Waals surface area contributed by atoms with Crippen LogP contribution in [0.1, 0.15) is 16.1 Å². The predicted molar refractivity (Wildman–Crippen MR) is 102 cm³/mol. The Morgan fingerprint density at radius 2 is 2.00 bits per heavy atom. The zero-order chi connectivity index (χ0) is 18.3. The Hall–Kier alpha value is -3.32. The van der Waals surface area contributed by atoms with Crippen LogP contribution in [-0.4, -0.2) is 16.5 Å². The highest BCUT2D eigenvalue weighted by Crippen LogP contribution is 2.34. The van der Waals surface area contributed by atoms with E-state index in [9.17, 15) is 9.59 Å². The minimum Gasteiger partial charge on any atom is -0.459 e. The van der Waals surface area contributed by atoms with Crippen LogP contribution in [0, 0.1) is 6.92 Å². The number of nitrogens with one attached hydrogen (secondary N) is 1. The van der Waals surface area contributed by atoms with Gasteiger partial charge in [0.1, 0.15) is 0 Å². The van der Waals surface area contributed by atoms with E-state index < -0.39 is 6.03 Å². The van der Waals surface area contributed by atoms with Crippen molar-refractivity contribution < 1.29 is 14.0 Å². The van der Waals surface area contributed by atoms with Crippen LogP contribution in [0.5, 0.6) is 0 Å². The first kappa shape index (κ1) is 16.2. The first-order valence-electron chi connectivity index (χ1n) is 7.89. The molecule has 4 aromatic rings. The van der Waals surface area contributed by atoms with Gasteiger partial charge in [0.05, 0.1) is 28.0 Å². The number of fused-ring (bicyclic) bond motifs is 1. The highest BCUT2D eigenvalue weighted by molar-refractivity contribution is 7.14. The number of nitrogens with two attached hydrogens (primary N) is 1. The van der Waals surface area contributed by atoms with E-state index in [4.69, 9.17) is 10.2 Å². The molecule has 1 aromatic carbocycles. The van der Waals surface area contributed by atoms with Crippen molar-refractivity contribution in [2.75, 3.05) is 5.32 Å². The van der Waals surface area contributed by atoms with Gasteiger partial charge in [-0.15, -0.1) is 11.3 Å². The Morgan fingerprint density at radius 3 is 2.73 bits per heavy atom. The molecular weight excluding hydrogens is 350 g/mol. The number of anilines is 1. The number of hydrogen-bond donors (Lipinski definition) is 2. The summed E-state index contributed by atoms with van der Waals surface area (Å²) in [4.78, 5) is 25.1. The summed E-state index contributed by atoms with van der Waals surface area (Å²) in [5, 5.41) is 5.55. The van der Waals surface area contributed by atoms with Crippen LogP contribution in [0.3, 0.4) is 0 Å². The van der Waals surface area contributed by atoms with Crippen molar-refractivity contribution in [2.24, 2.45) is 5.73 Å². The van der Waals surface area contributed by atoms with E-state index >= 15 is 0 Å². The fourth-order valence-electron chi connectivity index (χ4n) is 2.90. The third-order valence-electron chi connectivity index (χ3n) is 4.11. The normalized spacial score (nSPS) is 11.0. The molecule has 130 valence electrons. The number of furan rings is 1. The number of primary amides is 1. The third kappa shape index (κ3) is 2.68. The monoisotopic (exact) mass is 365 g/mol. The Kier molecular flexibility index (Phi) is 3.85. The molecule has 0 spiro atoms. The van der Waals surface area contributed by atoms with Crippen LogP contribution in [0.15, 0.2) is 58.5 Å². The van der Waals surface area contributed by atoms with Crippen molar-refractivity contribution in [3.05, 3.63) is 65.4 Å². The zero-order valence-electron chi connectivity index (χ0n) is 13.9. The molecule has 0 aliphatic carbocycles. The molecule has 26 heavy (non-hydrogen) atoms. The van der Waals surface area contributed by atoms with Gasteiger partial charge in [0.25, 0.3) is 5.91 Å². The molecule has 4 rings (SSSR count). The maximum absolute atomic E-state index is 12.3. The molecular formula is C19H15N3O3S. The van der Waals surface area contributed by atoms with Gasteiger partial charge >= 0.3 is 6.03 Å². The van der Waals surface area contributed by atoms with Crippen molar-refractivity contribution in [3.8, 4) is 10.6 Å². The predicted octanol–water partition coefficient (Wildman–Crippen LogP) is 4.45. The lowest BCUT2D eigenvalue weighted by Crippen LogP contribution is -2.19. The minimum atomic E-state index is -0.550. The summed E-state index contributed by atoms with van der Waals surface area (Å²) in [6.07, 6.45) is 1.48. The molecule has 0 aliphatic rings. The third-order valence-corrected chi connectivity index (χ3v) is 5.06. The van der Waals surface area contributed by atoms with Crippen molar-refractivity contribution in [1.29, 1.82) is 0 Å². The van der Waals surface area contributed by atoms with Crippen LogP contribution in [0.25, 0.3) is 21.5 Å². The summed E-state index contributed by atoms with van der Waals surface area (Å²) < 4.78 is 6.68. The van der Waals surface area contributed by atoms with E-state index in [0.717, 1.165) is 21.3 Å². The molecule has 6 nitrogen and oxygen atoms in total. The maximum Gasteiger partial charge on any atom is 0.323 e. The van der Waals surface area contributed by atoms with Gasteiger partial charge < -0.3 is 15.5 Å². The summed E-state index contributed by atoms with van der Waals surface area (Å²) in [6, 6.07) is 12.4. The molecule has 2 amide bonds. The molecule has 0 radical (unpaired) electrons. The van der Waals surface area contributed by atoms with Crippen molar-refractivity contribution in [3.63, 3.8) is 0 Å². The number of thiophene rings is 1. The summed E-state index contributed by atoms with van der Waals surface area (Å²) >= 11 is 1.42. The molecule has 0 saturated carbocycles. The summed E-state index contributed by atoms with van der Waals surface area (Å²) in [6.45, 7) is 1.81. The van der Waals surface area contributed by atoms with E-state index in [0.29, 0.717) is 11.4 Å². The van der Waals surface area contributed by atoms with Crippen LogP contribution in [0.4, 0.5) is 10.5 Å². The molecule has 0 bridgehead atoms. The molecule has 3 N–H and O–H groups in total. The van der Waals surface area contributed by atoms with E-state index in [1.807, 2.05) is 48.7 Å². The summed E-state index contributed by atoms with van der Waals surface area (Å²) in [5.41, 5.74) is 8.42. The number of hydrogen-bond acceptors (Lipinski definition) is 4. The number of benzene rings is 1. The Morgan fingerprint density at radius 1 is 1.19 bits per heavy atom. The topological polar surface area (TPSA) is 90.3 Å². The van der Waals surface area contributed by atoms with Crippen molar-refractivity contribution in [2.45, 2.75) is 6.92 Å². The van der Waals surface area contributed by atoms with Gasteiger partial charge in [-0.25, -0.2) is 4.79 Å². The fourth-order valence-corrected chi connectivity index (χ4v) is 3.75. The van der Waals surface area contributed by atoms with Gasteiger partial charge in [-0.1, -0.05) is 18.2 Å². The van der Waals surface area contributed by atoms with Crippen LogP contribution >= 0.6 is 11.3 Å². The van der Waals surface area contributed by atoms with Gasteiger partial charge in [0.15, 0.2) is 5.76 Å². The van der Waals surface area contributed by atoms with Gasteiger partial charge in [-0.2, -0.15) is 0 Å². The average Bonchev–Trinajstić information content (AvgIpc) is 3.31. The molecule has 0 atom stereocenters. The molecule has 0 saturated heterocycles. The second-order valence-corrected chi connectivity index (χ2v) is 6.76. The summed E-state index contributed by atoms with van der Waals surface area (Å²) in [7, 11) is 0. The highest BCUT2D eigenvalue weighted by atomic mass is 32.1. The Labute approximate surface area is 152 Å². The molecule has 3 aromatic heterocycles. The largest absolute Gasteiger partial charge is 0.459 e. The number of nitrogens with zero attached hydrogens (tertiary/aromatic N) is 1. The van der Waals surface area contributed by atoms with E-state index in [2.05, 4.69) is 5.32 Å². The zero-order valence-corrected chi connectivity index (χ0v) is 14.7. The second-order valence-electron chi connectivity index (χ2n) is 5.85. The Bertz CT molecular complexity index is 1140. The number of aryl methyl sites for hydroxylation is 1. The van der Waals surface area contributed by atoms with Crippen LogP contribution in [-0.2, 0) is 0 Å². The average molecular weight is 365 g/mol. The van der Waals surface area contributed by atoms with Crippen LogP contribution < -0.4 is 11.1 Å². The second kappa shape index (κ2) is 6.20. The van der Waals surface area contributed by atoms with Gasteiger partial charge in [-0.3, -0.25) is 9.36 Å². The van der Waals surface area contributed by atoms with E-state index in [1.54, 1.807) is 6.07 Å². The summed E-state index contributed by atoms with van der Waals surface area (Å²) in [5.74, 6) is -0.0312. The fraction of sp³-hybridized carbons (Fsp3) is 0.0526. The number of carbonyl (C=O) groups excluding carboxylic acids is 2. The van der Waals surface area contributed by atoms with Gasteiger partial charge in [0, 0.05) is 16.3 Å². The first-order chi connectivity index (χ1) is 12.5. The van der Waals surface area contributed by atoms with E-state index in [-0.39, 0.29) is 11.7 Å². The number of aromatic nitrogens is 1. The van der Waals surface area contributed by atoms with Gasteiger partial charge in [0.2, 0.25) is 0 Å². The van der Waals surface area contributed by atoms with Crippen molar-refractivity contribution in [1.82, 2.24) is 4.57 Å². The SMILES string of the molecule is Cc1ccoc1C(=O)Nc1csc(-c2cc3ccccc3n2C(N)=O)c1. The molecule has 0 fully saturated rings. The maximum atomic E-state index is 12.3. The number of rotatable bonds is 3. The number of amides is 2. The minimum absolute atomic E-state index is 0.281.